The lowest BCUT2D eigenvalue weighted by molar-refractivity contribution is 0.0656. The van der Waals surface area contributed by atoms with Gasteiger partial charge in [-0.15, -0.1) is 0 Å². The van der Waals surface area contributed by atoms with Crippen LogP contribution >= 0.6 is 0 Å². The quantitative estimate of drug-likeness (QED) is 0.819. The highest BCUT2D eigenvalue weighted by atomic mass is 16.2. The van der Waals surface area contributed by atoms with E-state index in [9.17, 15) is 9.59 Å². The van der Waals surface area contributed by atoms with E-state index in [4.69, 9.17) is 0 Å². The minimum absolute atomic E-state index is 0.101. The first kappa shape index (κ1) is 20.5. The van der Waals surface area contributed by atoms with Crippen LogP contribution in [-0.2, 0) is 6.54 Å². The van der Waals surface area contributed by atoms with Crippen LogP contribution < -0.4 is 10.2 Å². The van der Waals surface area contributed by atoms with Crippen LogP contribution in [0.3, 0.4) is 0 Å². The van der Waals surface area contributed by atoms with Crippen molar-refractivity contribution in [2.45, 2.75) is 59.2 Å². The Morgan fingerprint density at radius 2 is 1.90 bits per heavy atom. The van der Waals surface area contributed by atoms with Crippen LogP contribution in [0.1, 0.15) is 70.0 Å². The second-order valence-electron chi connectivity index (χ2n) is 8.45. The molecule has 2 aliphatic heterocycles. The van der Waals surface area contributed by atoms with E-state index in [0.717, 1.165) is 43.6 Å². The molecule has 0 saturated carbocycles. The number of aryl methyl sites for hydroxylation is 2. The van der Waals surface area contributed by atoms with Crippen LogP contribution in [0.5, 0.6) is 0 Å². The first-order valence-corrected chi connectivity index (χ1v) is 11.1. The highest BCUT2D eigenvalue weighted by Gasteiger charge is 2.37. The van der Waals surface area contributed by atoms with Crippen molar-refractivity contribution in [3.05, 3.63) is 64.2 Å². The van der Waals surface area contributed by atoms with Gasteiger partial charge in [-0.05, 0) is 74.9 Å². The SMILES string of the molecule is CCN1c2cc(C(=O)NCc3ccc(C)c(C)c3)ccc2C(=O)N2CCCCC[C@H]21. The molecular weight excluding hydrogens is 374 g/mol. The summed E-state index contributed by atoms with van der Waals surface area (Å²) in [5, 5.41) is 3.03. The van der Waals surface area contributed by atoms with Gasteiger partial charge in [0.25, 0.3) is 11.8 Å². The van der Waals surface area contributed by atoms with E-state index < -0.39 is 0 Å². The average Bonchev–Trinajstić information content (AvgIpc) is 3.01. The monoisotopic (exact) mass is 405 g/mol. The van der Waals surface area contributed by atoms with Gasteiger partial charge < -0.3 is 15.1 Å². The van der Waals surface area contributed by atoms with Gasteiger partial charge in [0, 0.05) is 25.2 Å². The van der Waals surface area contributed by atoms with Gasteiger partial charge >= 0.3 is 0 Å². The Balaban J connectivity index is 1.56. The zero-order chi connectivity index (χ0) is 21.3. The van der Waals surface area contributed by atoms with E-state index in [-0.39, 0.29) is 18.0 Å². The normalized spacial score (nSPS) is 18.5. The molecule has 0 radical (unpaired) electrons. The molecule has 2 heterocycles. The summed E-state index contributed by atoms with van der Waals surface area (Å²) < 4.78 is 0. The number of rotatable bonds is 4. The van der Waals surface area contributed by atoms with Gasteiger partial charge in [-0.3, -0.25) is 9.59 Å². The lowest BCUT2D eigenvalue weighted by Crippen LogP contribution is -2.55. The standard InChI is InChI=1S/C25H31N3O2/c1-4-27-22-15-20(24(29)26-16-19-10-9-17(2)18(3)14-19)11-12-21(22)25(30)28-13-7-5-6-8-23(27)28/h9-12,14-15,23H,4-8,13,16H2,1-3H3,(H,26,29)/t23-/m0/s1. The van der Waals surface area contributed by atoms with Gasteiger partial charge in [0.1, 0.15) is 6.17 Å². The summed E-state index contributed by atoms with van der Waals surface area (Å²) >= 11 is 0. The number of hydrogen-bond acceptors (Lipinski definition) is 3. The molecule has 0 spiro atoms. The molecular formula is C25H31N3O2. The van der Waals surface area contributed by atoms with Crippen molar-refractivity contribution >= 4 is 17.5 Å². The Kier molecular flexibility index (Phi) is 5.80. The number of anilines is 1. The van der Waals surface area contributed by atoms with Gasteiger partial charge in [0.15, 0.2) is 0 Å². The lowest BCUT2D eigenvalue weighted by Gasteiger charge is -2.44. The summed E-state index contributed by atoms with van der Waals surface area (Å²) in [5.74, 6) is -0.00786. The van der Waals surface area contributed by atoms with Gasteiger partial charge in [-0.25, -0.2) is 0 Å². The Hall–Kier alpha value is -2.82. The summed E-state index contributed by atoms with van der Waals surface area (Å²) in [4.78, 5) is 30.3. The Morgan fingerprint density at radius 3 is 2.67 bits per heavy atom. The summed E-state index contributed by atoms with van der Waals surface area (Å²) in [6.45, 7) is 8.41. The molecule has 2 aromatic rings. The van der Waals surface area contributed by atoms with Crippen LogP contribution in [0.2, 0.25) is 0 Å². The van der Waals surface area contributed by atoms with Crippen LogP contribution in [0.4, 0.5) is 5.69 Å². The minimum Gasteiger partial charge on any atom is -0.351 e. The van der Waals surface area contributed by atoms with Crippen LogP contribution in [0.15, 0.2) is 36.4 Å². The predicted octanol–water partition coefficient (Wildman–Crippen LogP) is 4.42. The fraction of sp³-hybridized carbons (Fsp3) is 0.440. The van der Waals surface area contributed by atoms with Gasteiger partial charge in [0.2, 0.25) is 0 Å². The molecule has 2 amide bonds. The molecule has 0 aromatic heterocycles. The molecule has 5 heteroatoms. The topological polar surface area (TPSA) is 52.7 Å². The van der Waals surface area contributed by atoms with Gasteiger partial charge in [-0.2, -0.15) is 0 Å². The van der Waals surface area contributed by atoms with Crippen molar-refractivity contribution in [2.75, 3.05) is 18.0 Å². The molecule has 1 saturated heterocycles. The van der Waals surface area contributed by atoms with Crippen molar-refractivity contribution in [3.63, 3.8) is 0 Å². The van der Waals surface area contributed by atoms with E-state index >= 15 is 0 Å². The molecule has 1 fully saturated rings. The second kappa shape index (κ2) is 8.50. The third-order valence-corrected chi connectivity index (χ3v) is 6.51. The molecule has 0 unspecified atom stereocenters. The molecule has 5 nitrogen and oxygen atoms in total. The van der Waals surface area contributed by atoms with E-state index in [0.29, 0.717) is 17.7 Å². The van der Waals surface area contributed by atoms with Gasteiger partial charge in [-0.1, -0.05) is 24.6 Å². The molecule has 0 bridgehead atoms. The molecule has 1 atom stereocenters. The second-order valence-corrected chi connectivity index (χ2v) is 8.45. The summed E-state index contributed by atoms with van der Waals surface area (Å²) in [5.41, 5.74) is 5.76. The Labute approximate surface area is 179 Å². The molecule has 1 N–H and O–H groups in total. The number of carbonyl (C=O) groups excluding carboxylic acids is 2. The number of fused-ring (bicyclic) bond motifs is 2. The highest BCUT2D eigenvalue weighted by Crippen LogP contribution is 2.35. The summed E-state index contributed by atoms with van der Waals surface area (Å²) in [6.07, 6.45) is 4.46. The average molecular weight is 406 g/mol. The van der Waals surface area contributed by atoms with E-state index in [2.05, 4.69) is 43.1 Å². The largest absolute Gasteiger partial charge is 0.351 e. The summed E-state index contributed by atoms with van der Waals surface area (Å²) in [7, 11) is 0. The third-order valence-electron chi connectivity index (χ3n) is 6.51. The number of nitrogens with zero attached hydrogens (tertiary/aromatic N) is 2. The zero-order valence-electron chi connectivity index (χ0n) is 18.2. The van der Waals surface area contributed by atoms with Crippen LogP contribution in [0.25, 0.3) is 0 Å². The highest BCUT2D eigenvalue weighted by molar-refractivity contribution is 6.04. The molecule has 2 aromatic carbocycles. The first-order chi connectivity index (χ1) is 14.5. The lowest BCUT2D eigenvalue weighted by atomic mass is 10.0. The fourth-order valence-corrected chi connectivity index (χ4v) is 4.64. The van der Waals surface area contributed by atoms with E-state index in [1.807, 2.05) is 23.1 Å². The first-order valence-electron chi connectivity index (χ1n) is 11.1. The van der Waals surface area contributed by atoms with E-state index in [1.54, 1.807) is 6.07 Å². The number of hydrogen-bond donors (Lipinski definition) is 1. The number of nitrogens with one attached hydrogen (secondary N) is 1. The maximum atomic E-state index is 13.1. The van der Waals surface area contributed by atoms with Crippen molar-refractivity contribution in [1.29, 1.82) is 0 Å². The molecule has 30 heavy (non-hydrogen) atoms. The van der Waals surface area contributed by atoms with E-state index in [1.165, 1.54) is 17.5 Å². The molecule has 158 valence electrons. The maximum absolute atomic E-state index is 13.1. The molecule has 0 aliphatic carbocycles. The maximum Gasteiger partial charge on any atom is 0.257 e. The Bertz CT molecular complexity index is 969. The predicted molar refractivity (Wildman–Crippen MR) is 120 cm³/mol. The zero-order valence-corrected chi connectivity index (χ0v) is 18.2. The third kappa shape index (κ3) is 3.81. The minimum atomic E-state index is -0.108. The Morgan fingerprint density at radius 1 is 1.07 bits per heavy atom. The van der Waals surface area contributed by atoms with Crippen molar-refractivity contribution in [2.24, 2.45) is 0 Å². The van der Waals surface area contributed by atoms with Crippen molar-refractivity contribution in [1.82, 2.24) is 10.2 Å². The fourth-order valence-electron chi connectivity index (χ4n) is 4.64. The van der Waals surface area contributed by atoms with Crippen molar-refractivity contribution in [3.8, 4) is 0 Å². The summed E-state index contributed by atoms with van der Waals surface area (Å²) in [6, 6.07) is 11.7. The van der Waals surface area contributed by atoms with Crippen molar-refractivity contribution < 1.29 is 9.59 Å². The number of amides is 2. The van der Waals surface area contributed by atoms with Crippen LogP contribution in [-0.4, -0.2) is 36.0 Å². The molecule has 2 aliphatic rings. The molecule has 4 rings (SSSR count). The number of benzene rings is 2. The van der Waals surface area contributed by atoms with Crippen LogP contribution in [0, 0.1) is 13.8 Å². The van der Waals surface area contributed by atoms with Gasteiger partial charge in [0.05, 0.1) is 11.3 Å². The smallest absolute Gasteiger partial charge is 0.257 e. The number of carbonyl (C=O) groups is 2.